The van der Waals surface area contributed by atoms with Gasteiger partial charge in [0.15, 0.2) is 0 Å². The molecular formula is C19H12Cl3N3S2. The van der Waals surface area contributed by atoms with Gasteiger partial charge >= 0.3 is 0 Å². The van der Waals surface area contributed by atoms with E-state index in [4.69, 9.17) is 34.8 Å². The molecule has 0 saturated carbocycles. The second-order valence-electron chi connectivity index (χ2n) is 5.31. The van der Waals surface area contributed by atoms with E-state index in [1.165, 1.54) is 23.3 Å². The minimum atomic E-state index is 0.544. The van der Waals surface area contributed by atoms with Gasteiger partial charge in [0, 0.05) is 32.7 Å². The zero-order valence-corrected chi connectivity index (χ0v) is 17.6. The van der Waals surface area contributed by atoms with Crippen LogP contribution in [0.4, 0.5) is 5.69 Å². The lowest BCUT2D eigenvalue weighted by atomic mass is 10.2. The zero-order valence-electron chi connectivity index (χ0n) is 13.7. The third kappa shape index (κ3) is 5.19. The molecule has 0 radical (unpaired) electrons. The van der Waals surface area contributed by atoms with Crippen molar-refractivity contribution < 1.29 is 0 Å². The van der Waals surface area contributed by atoms with Crippen molar-refractivity contribution in [3.05, 3.63) is 79.7 Å². The van der Waals surface area contributed by atoms with E-state index in [9.17, 15) is 5.26 Å². The molecule has 2 aromatic carbocycles. The minimum absolute atomic E-state index is 0.544. The van der Waals surface area contributed by atoms with Crippen LogP contribution in [0.2, 0.25) is 15.1 Å². The highest BCUT2D eigenvalue weighted by molar-refractivity contribution is 7.98. The molecule has 136 valence electrons. The molecular weight excluding hydrogens is 441 g/mol. The van der Waals surface area contributed by atoms with Crippen LogP contribution in [0.1, 0.15) is 16.0 Å². The van der Waals surface area contributed by atoms with Gasteiger partial charge in [-0.1, -0.05) is 52.6 Å². The molecule has 0 atom stereocenters. The van der Waals surface area contributed by atoms with Crippen LogP contribution in [0.25, 0.3) is 6.08 Å². The van der Waals surface area contributed by atoms with Gasteiger partial charge < -0.3 is 5.32 Å². The van der Waals surface area contributed by atoms with Gasteiger partial charge in [-0.2, -0.15) is 9.64 Å². The number of thioether (sulfide) groups is 1. The first kappa shape index (κ1) is 20.1. The molecule has 1 N–H and O–H groups in total. The van der Waals surface area contributed by atoms with Crippen LogP contribution in [0, 0.1) is 11.3 Å². The van der Waals surface area contributed by atoms with Gasteiger partial charge in [-0.25, -0.2) is 0 Å². The maximum Gasteiger partial charge on any atom is 0.129 e. The van der Waals surface area contributed by atoms with Gasteiger partial charge in [-0.15, -0.1) is 0 Å². The third-order valence-electron chi connectivity index (χ3n) is 3.54. The van der Waals surface area contributed by atoms with Crippen molar-refractivity contribution in [2.45, 2.75) is 10.8 Å². The largest absolute Gasteiger partial charge is 0.362 e. The van der Waals surface area contributed by atoms with E-state index in [2.05, 4.69) is 15.8 Å². The molecule has 3 aromatic rings. The molecule has 0 aliphatic heterocycles. The summed E-state index contributed by atoms with van der Waals surface area (Å²) >= 11 is 21.0. The van der Waals surface area contributed by atoms with Crippen LogP contribution in [0.15, 0.2) is 53.7 Å². The first-order chi connectivity index (χ1) is 13.1. The van der Waals surface area contributed by atoms with E-state index in [0.29, 0.717) is 31.4 Å². The lowest BCUT2D eigenvalue weighted by molar-refractivity contribution is 1.24. The van der Waals surface area contributed by atoms with E-state index in [1.54, 1.807) is 36.5 Å². The fraction of sp³-hybridized carbons (Fsp3) is 0.0526. The molecule has 0 unspecified atom stereocenters. The summed E-state index contributed by atoms with van der Waals surface area (Å²) in [6, 6.07) is 15.0. The Kier molecular flexibility index (Phi) is 7.06. The second kappa shape index (κ2) is 9.50. The molecule has 27 heavy (non-hydrogen) atoms. The zero-order chi connectivity index (χ0) is 19.2. The molecule has 3 rings (SSSR count). The van der Waals surface area contributed by atoms with Crippen molar-refractivity contribution in [1.29, 1.82) is 5.26 Å². The number of hydrogen-bond donors (Lipinski definition) is 1. The standard InChI is InChI=1S/C19H12Cl3N3S2/c20-12-4-6-13(7-5-12)24-9-8-18-14(10-23)19(25-27-18)26-11-15-16(21)2-1-3-17(15)22/h1-9,24H,11H2. The first-order valence-electron chi connectivity index (χ1n) is 7.72. The van der Waals surface area contributed by atoms with Crippen LogP contribution in [0.3, 0.4) is 0 Å². The van der Waals surface area contributed by atoms with Crippen molar-refractivity contribution in [3.63, 3.8) is 0 Å². The quantitative estimate of drug-likeness (QED) is 0.397. The molecule has 0 amide bonds. The Morgan fingerprint density at radius 1 is 1.11 bits per heavy atom. The van der Waals surface area contributed by atoms with Crippen LogP contribution < -0.4 is 5.32 Å². The summed E-state index contributed by atoms with van der Waals surface area (Å²) in [5, 5.41) is 15.2. The number of nitrogens with one attached hydrogen (secondary N) is 1. The molecule has 0 bridgehead atoms. The summed E-state index contributed by atoms with van der Waals surface area (Å²) in [6.45, 7) is 0. The molecule has 3 nitrogen and oxygen atoms in total. The normalized spacial score (nSPS) is 10.9. The fourth-order valence-electron chi connectivity index (χ4n) is 2.17. The van der Waals surface area contributed by atoms with Gasteiger partial charge in [0.2, 0.25) is 0 Å². The smallest absolute Gasteiger partial charge is 0.129 e. The third-order valence-corrected chi connectivity index (χ3v) is 6.43. The van der Waals surface area contributed by atoms with Crippen molar-refractivity contribution in [2.75, 3.05) is 5.32 Å². The lowest BCUT2D eigenvalue weighted by Gasteiger charge is -2.05. The van der Waals surface area contributed by atoms with E-state index in [1.807, 2.05) is 18.2 Å². The van der Waals surface area contributed by atoms with E-state index in [-0.39, 0.29) is 0 Å². The SMILES string of the molecule is N#Cc1c(SCc2c(Cl)cccc2Cl)nsc1C=CNc1ccc(Cl)cc1. The molecule has 0 aliphatic rings. The van der Waals surface area contributed by atoms with Crippen molar-refractivity contribution in [2.24, 2.45) is 0 Å². The van der Waals surface area contributed by atoms with Gasteiger partial charge in [0.1, 0.15) is 16.7 Å². The number of aromatic nitrogens is 1. The maximum absolute atomic E-state index is 9.52. The fourth-order valence-corrected chi connectivity index (χ4v) is 4.90. The first-order valence-corrected chi connectivity index (χ1v) is 10.6. The van der Waals surface area contributed by atoms with Gasteiger partial charge in [-0.3, -0.25) is 0 Å². The van der Waals surface area contributed by atoms with Crippen LogP contribution >= 0.6 is 58.1 Å². The molecule has 0 aliphatic carbocycles. The highest BCUT2D eigenvalue weighted by Gasteiger charge is 2.14. The van der Waals surface area contributed by atoms with Crippen LogP contribution in [-0.4, -0.2) is 4.37 Å². The average molecular weight is 453 g/mol. The van der Waals surface area contributed by atoms with E-state index < -0.39 is 0 Å². The predicted molar refractivity (Wildman–Crippen MR) is 117 cm³/mol. The van der Waals surface area contributed by atoms with Gasteiger partial charge in [0.25, 0.3) is 0 Å². The monoisotopic (exact) mass is 451 g/mol. The Balaban J connectivity index is 1.70. The van der Waals surface area contributed by atoms with Gasteiger partial charge in [-0.05, 0) is 59.6 Å². The topological polar surface area (TPSA) is 48.7 Å². The van der Waals surface area contributed by atoms with Crippen molar-refractivity contribution in [1.82, 2.24) is 4.37 Å². The van der Waals surface area contributed by atoms with Gasteiger partial charge in [0.05, 0.1) is 4.88 Å². The molecule has 1 heterocycles. The number of hydrogen-bond acceptors (Lipinski definition) is 5. The number of rotatable bonds is 6. The summed E-state index contributed by atoms with van der Waals surface area (Å²) in [4.78, 5) is 0.784. The summed E-state index contributed by atoms with van der Waals surface area (Å²) in [7, 11) is 0. The average Bonchev–Trinajstić information content (AvgIpc) is 3.05. The summed E-state index contributed by atoms with van der Waals surface area (Å²) in [5.74, 6) is 0.545. The lowest BCUT2D eigenvalue weighted by Crippen LogP contribution is -1.87. The minimum Gasteiger partial charge on any atom is -0.362 e. The van der Waals surface area contributed by atoms with E-state index in [0.717, 1.165) is 16.1 Å². The Hall–Kier alpha value is -1.68. The highest BCUT2D eigenvalue weighted by Crippen LogP contribution is 2.34. The van der Waals surface area contributed by atoms with Crippen molar-refractivity contribution in [3.8, 4) is 6.07 Å². The number of nitriles is 1. The van der Waals surface area contributed by atoms with Crippen LogP contribution in [-0.2, 0) is 5.75 Å². The van der Waals surface area contributed by atoms with E-state index >= 15 is 0 Å². The molecule has 0 spiro atoms. The molecule has 0 saturated heterocycles. The van der Waals surface area contributed by atoms with Crippen molar-refractivity contribution >= 4 is 69.9 Å². The Morgan fingerprint density at radius 2 is 1.81 bits per heavy atom. The molecule has 0 fully saturated rings. The number of halogens is 3. The number of anilines is 1. The maximum atomic E-state index is 9.52. The summed E-state index contributed by atoms with van der Waals surface area (Å²) < 4.78 is 4.40. The summed E-state index contributed by atoms with van der Waals surface area (Å²) in [6.07, 6.45) is 3.61. The Labute approximate surface area is 180 Å². The molecule has 8 heteroatoms. The van der Waals surface area contributed by atoms with Crippen LogP contribution in [0.5, 0.6) is 0 Å². The second-order valence-corrected chi connectivity index (χ2v) is 8.33. The predicted octanol–water partition coefficient (Wildman–Crippen LogP) is 7.35. The Morgan fingerprint density at radius 3 is 2.48 bits per heavy atom. The number of benzene rings is 2. The highest BCUT2D eigenvalue weighted by atomic mass is 35.5. The number of nitrogens with zero attached hydrogens (tertiary/aromatic N) is 2. The summed E-state index contributed by atoms with van der Waals surface area (Å²) in [5.41, 5.74) is 2.29. The molecule has 1 aromatic heterocycles. The Bertz CT molecular complexity index is 988.